The lowest BCUT2D eigenvalue weighted by molar-refractivity contribution is 0.543. The van der Waals surface area contributed by atoms with Gasteiger partial charge in [0.25, 0.3) is 0 Å². The molecule has 1 aromatic rings. The van der Waals surface area contributed by atoms with E-state index < -0.39 is 11.6 Å². The van der Waals surface area contributed by atoms with Crippen LogP contribution >= 0.6 is 0 Å². The van der Waals surface area contributed by atoms with E-state index in [-0.39, 0.29) is 5.69 Å². The highest BCUT2D eigenvalue weighted by Crippen LogP contribution is 2.30. The molecule has 3 rings (SSSR count). The lowest BCUT2D eigenvalue weighted by atomic mass is 10.2. The molecule has 0 amide bonds. The molecule has 0 radical (unpaired) electrons. The van der Waals surface area contributed by atoms with E-state index in [1.165, 1.54) is 25.0 Å². The van der Waals surface area contributed by atoms with Crippen molar-refractivity contribution in [2.24, 2.45) is 0 Å². The molecular weight excluding hydrogens is 234 g/mol. The van der Waals surface area contributed by atoms with Gasteiger partial charge in [-0.25, -0.2) is 8.78 Å². The van der Waals surface area contributed by atoms with Crippen LogP contribution in [0.5, 0.6) is 0 Å². The van der Waals surface area contributed by atoms with E-state index >= 15 is 0 Å². The van der Waals surface area contributed by atoms with Gasteiger partial charge in [-0.3, -0.25) is 0 Å². The van der Waals surface area contributed by atoms with Crippen molar-refractivity contribution < 1.29 is 8.78 Å². The summed E-state index contributed by atoms with van der Waals surface area (Å²) >= 11 is 0. The molecule has 1 aromatic carbocycles. The quantitative estimate of drug-likeness (QED) is 0.889. The zero-order chi connectivity index (χ0) is 12.7. The second kappa shape index (κ2) is 4.50. The third kappa shape index (κ3) is 2.21. The lowest BCUT2D eigenvalue weighted by Gasteiger charge is -2.21. The fourth-order valence-electron chi connectivity index (χ4n) is 2.61. The predicted octanol–water partition coefficient (Wildman–Crippen LogP) is 2.60. The summed E-state index contributed by atoms with van der Waals surface area (Å²) in [6.45, 7) is 3.10. The summed E-state index contributed by atoms with van der Waals surface area (Å²) in [5.41, 5.74) is 0.653. The van der Waals surface area contributed by atoms with Gasteiger partial charge in [0.05, 0.1) is 0 Å². The molecule has 1 aliphatic carbocycles. The number of nitrogens with one attached hydrogen (secondary N) is 1. The van der Waals surface area contributed by atoms with E-state index in [9.17, 15) is 8.78 Å². The van der Waals surface area contributed by atoms with Gasteiger partial charge in [-0.15, -0.1) is 0 Å². The number of hydrogen-bond acceptors (Lipinski definition) is 2. The molecule has 2 aliphatic rings. The van der Waals surface area contributed by atoms with Crippen molar-refractivity contribution >= 4 is 5.69 Å². The summed E-state index contributed by atoms with van der Waals surface area (Å²) in [5, 5.41) is 3.52. The number of halogens is 2. The molecule has 4 heteroatoms. The van der Waals surface area contributed by atoms with Crippen molar-refractivity contribution in [1.82, 2.24) is 5.32 Å². The molecule has 2 fully saturated rings. The Morgan fingerprint density at radius 3 is 2.67 bits per heavy atom. The zero-order valence-corrected chi connectivity index (χ0v) is 10.5. The average molecular weight is 252 g/mol. The third-order valence-corrected chi connectivity index (χ3v) is 3.81. The van der Waals surface area contributed by atoms with Crippen LogP contribution in [0.15, 0.2) is 12.1 Å². The first kappa shape index (κ1) is 11.9. The molecule has 1 saturated carbocycles. The highest BCUT2D eigenvalue weighted by molar-refractivity contribution is 5.52. The maximum atomic E-state index is 14.0. The molecule has 0 aromatic heterocycles. The number of nitrogens with zero attached hydrogens (tertiary/aromatic N) is 1. The molecule has 1 saturated heterocycles. The Hall–Kier alpha value is -1.16. The van der Waals surface area contributed by atoms with E-state index in [1.807, 2.05) is 4.90 Å². The van der Waals surface area contributed by atoms with Gasteiger partial charge < -0.3 is 10.2 Å². The summed E-state index contributed by atoms with van der Waals surface area (Å²) in [7, 11) is 0. The summed E-state index contributed by atoms with van der Waals surface area (Å²) in [6, 6.07) is 3.86. The van der Waals surface area contributed by atoms with Gasteiger partial charge in [-0.1, -0.05) is 6.07 Å². The molecule has 1 heterocycles. The Morgan fingerprint density at radius 1 is 1.17 bits per heavy atom. The average Bonchev–Trinajstić information content (AvgIpc) is 3.03. The Bertz CT molecular complexity index is 457. The predicted molar refractivity (Wildman–Crippen MR) is 67.9 cm³/mol. The van der Waals surface area contributed by atoms with Crippen LogP contribution in [0, 0.1) is 18.6 Å². The Balaban J connectivity index is 1.77. The van der Waals surface area contributed by atoms with Gasteiger partial charge in [-0.05, 0) is 37.8 Å². The second-order valence-electron chi connectivity index (χ2n) is 5.40. The van der Waals surface area contributed by atoms with Crippen LogP contribution < -0.4 is 10.2 Å². The van der Waals surface area contributed by atoms with E-state index in [1.54, 1.807) is 6.92 Å². The molecule has 1 atom stereocenters. The molecular formula is C14H18F2N2. The topological polar surface area (TPSA) is 15.3 Å². The van der Waals surface area contributed by atoms with Crippen molar-refractivity contribution in [1.29, 1.82) is 0 Å². The van der Waals surface area contributed by atoms with Gasteiger partial charge in [0, 0.05) is 25.2 Å². The summed E-state index contributed by atoms with van der Waals surface area (Å²) in [5.74, 6) is -0.868. The SMILES string of the molecule is Cc1ccc(F)c(N2CCC(NC3CC3)C2)c1F. The molecule has 98 valence electrons. The first-order valence-electron chi connectivity index (χ1n) is 6.61. The van der Waals surface area contributed by atoms with Crippen molar-refractivity contribution in [2.75, 3.05) is 18.0 Å². The normalized spacial score (nSPS) is 23.7. The van der Waals surface area contributed by atoms with Crippen molar-refractivity contribution in [3.63, 3.8) is 0 Å². The summed E-state index contributed by atoms with van der Waals surface area (Å²) < 4.78 is 27.8. The first-order valence-corrected chi connectivity index (χ1v) is 6.61. The van der Waals surface area contributed by atoms with Gasteiger partial charge in [0.1, 0.15) is 11.5 Å². The van der Waals surface area contributed by atoms with Crippen LogP contribution in [0.2, 0.25) is 0 Å². The van der Waals surface area contributed by atoms with Gasteiger partial charge in [-0.2, -0.15) is 0 Å². The molecule has 1 N–H and O–H groups in total. The Kier molecular flexibility index (Phi) is 2.98. The van der Waals surface area contributed by atoms with E-state index in [2.05, 4.69) is 5.32 Å². The smallest absolute Gasteiger partial charge is 0.152 e. The zero-order valence-electron chi connectivity index (χ0n) is 10.5. The molecule has 0 spiro atoms. The minimum Gasteiger partial charge on any atom is -0.365 e. The second-order valence-corrected chi connectivity index (χ2v) is 5.40. The molecule has 0 bridgehead atoms. The van der Waals surface area contributed by atoms with Gasteiger partial charge >= 0.3 is 0 Å². The summed E-state index contributed by atoms with van der Waals surface area (Å²) in [4.78, 5) is 1.83. The number of hydrogen-bond donors (Lipinski definition) is 1. The number of benzene rings is 1. The fourth-order valence-corrected chi connectivity index (χ4v) is 2.61. The van der Waals surface area contributed by atoms with Crippen LogP contribution in [0.1, 0.15) is 24.8 Å². The van der Waals surface area contributed by atoms with Crippen LogP contribution in [-0.4, -0.2) is 25.2 Å². The van der Waals surface area contributed by atoms with Crippen LogP contribution in [0.3, 0.4) is 0 Å². The van der Waals surface area contributed by atoms with Crippen molar-refractivity contribution in [3.8, 4) is 0 Å². The van der Waals surface area contributed by atoms with Crippen molar-refractivity contribution in [2.45, 2.75) is 38.3 Å². The standard InChI is InChI=1S/C14H18F2N2/c1-9-2-5-12(15)14(13(9)16)18-7-6-11(8-18)17-10-3-4-10/h2,5,10-11,17H,3-4,6-8H2,1H3. The van der Waals surface area contributed by atoms with E-state index in [0.29, 0.717) is 24.2 Å². The molecule has 1 unspecified atom stereocenters. The summed E-state index contributed by atoms with van der Waals surface area (Å²) in [6.07, 6.45) is 3.44. The minimum atomic E-state index is -0.454. The monoisotopic (exact) mass is 252 g/mol. The lowest BCUT2D eigenvalue weighted by Crippen LogP contribution is -2.34. The highest BCUT2D eigenvalue weighted by Gasteiger charge is 2.31. The van der Waals surface area contributed by atoms with Crippen molar-refractivity contribution in [3.05, 3.63) is 29.3 Å². The van der Waals surface area contributed by atoms with Crippen LogP contribution in [0.4, 0.5) is 14.5 Å². The number of anilines is 1. The molecule has 1 aliphatic heterocycles. The fraction of sp³-hybridized carbons (Fsp3) is 0.571. The maximum Gasteiger partial charge on any atom is 0.152 e. The molecule has 18 heavy (non-hydrogen) atoms. The molecule has 2 nitrogen and oxygen atoms in total. The Morgan fingerprint density at radius 2 is 1.94 bits per heavy atom. The van der Waals surface area contributed by atoms with E-state index in [0.717, 1.165) is 13.0 Å². The van der Waals surface area contributed by atoms with Gasteiger partial charge in [0.2, 0.25) is 0 Å². The maximum absolute atomic E-state index is 14.0. The van der Waals surface area contributed by atoms with Crippen LogP contribution in [0.25, 0.3) is 0 Å². The highest BCUT2D eigenvalue weighted by atomic mass is 19.1. The minimum absolute atomic E-state index is 0.148. The number of aryl methyl sites for hydroxylation is 1. The number of rotatable bonds is 3. The first-order chi connectivity index (χ1) is 8.65. The third-order valence-electron chi connectivity index (χ3n) is 3.81. The van der Waals surface area contributed by atoms with Crippen LogP contribution in [-0.2, 0) is 0 Å². The van der Waals surface area contributed by atoms with Gasteiger partial charge in [0.15, 0.2) is 5.82 Å². The largest absolute Gasteiger partial charge is 0.365 e. The van der Waals surface area contributed by atoms with E-state index in [4.69, 9.17) is 0 Å². The Labute approximate surface area is 106 Å².